The van der Waals surface area contributed by atoms with Crippen LogP contribution in [0.25, 0.3) is 0 Å². The third-order valence-electron chi connectivity index (χ3n) is 6.44. The van der Waals surface area contributed by atoms with Gasteiger partial charge in [-0.05, 0) is 56.9 Å². The Labute approximate surface area is 233 Å². The molecule has 40 heavy (non-hydrogen) atoms. The van der Waals surface area contributed by atoms with Crippen molar-refractivity contribution in [1.29, 1.82) is 0 Å². The molecule has 1 aliphatic rings. The highest BCUT2D eigenvalue weighted by molar-refractivity contribution is 5.94. The molecular weight excluding hydrogens is 518 g/mol. The minimum atomic E-state index is -1.31. The van der Waals surface area contributed by atoms with Gasteiger partial charge in [-0.15, -0.1) is 0 Å². The molecule has 11 heteroatoms. The highest BCUT2D eigenvalue weighted by Crippen LogP contribution is 2.42. The van der Waals surface area contributed by atoms with Crippen LogP contribution >= 0.6 is 0 Å². The van der Waals surface area contributed by atoms with Gasteiger partial charge in [0, 0.05) is 18.0 Å². The minimum absolute atomic E-state index is 0.0349. The first-order chi connectivity index (χ1) is 18.8. The van der Waals surface area contributed by atoms with E-state index in [1.807, 2.05) is 6.92 Å². The number of rotatable bonds is 10. The third-order valence-corrected chi connectivity index (χ3v) is 6.44. The summed E-state index contributed by atoms with van der Waals surface area (Å²) in [5.41, 5.74) is -0.0178. The molecule has 2 aromatic rings. The number of benzene rings is 2. The second-order valence-electron chi connectivity index (χ2n) is 10.9. The summed E-state index contributed by atoms with van der Waals surface area (Å²) in [6, 6.07) is 9.50. The molecule has 0 spiro atoms. The van der Waals surface area contributed by atoms with E-state index in [9.17, 15) is 29.4 Å². The zero-order chi connectivity index (χ0) is 29.6. The largest absolute Gasteiger partial charge is 0.508 e. The highest BCUT2D eigenvalue weighted by Gasteiger charge is 2.48. The zero-order valence-corrected chi connectivity index (χ0v) is 23.3. The maximum Gasteiger partial charge on any atom is 0.408 e. The molecule has 2 aromatic carbocycles. The van der Waals surface area contributed by atoms with Gasteiger partial charge in [0.05, 0.1) is 7.11 Å². The monoisotopic (exact) mass is 555 g/mol. The number of carbonyl (C=O) groups excluding carboxylic acids is 4. The lowest BCUT2D eigenvalue weighted by Gasteiger charge is -2.35. The van der Waals surface area contributed by atoms with Crippen LogP contribution in [-0.2, 0) is 30.3 Å². The number of hydrogen-bond acceptors (Lipinski definition) is 8. The number of para-hydroxylation sites is 1. The van der Waals surface area contributed by atoms with Crippen LogP contribution < -0.4 is 10.6 Å². The van der Waals surface area contributed by atoms with Gasteiger partial charge in [0.15, 0.2) is 0 Å². The molecule has 216 valence electrons. The van der Waals surface area contributed by atoms with Crippen molar-refractivity contribution in [1.82, 2.24) is 15.5 Å². The van der Waals surface area contributed by atoms with Gasteiger partial charge in [0.2, 0.25) is 11.8 Å². The molecule has 0 bridgehead atoms. The fourth-order valence-electron chi connectivity index (χ4n) is 4.33. The molecule has 0 aliphatic heterocycles. The predicted octanol–water partition coefficient (Wildman–Crippen LogP) is 2.80. The lowest BCUT2D eigenvalue weighted by Crippen LogP contribution is -2.55. The number of hydrogen-bond donors (Lipinski definition) is 4. The average Bonchev–Trinajstić information content (AvgIpc) is 3.61. The SMILES string of the molecule is COC(=O)CNC(=O)C(c1ccccc1O)N(C(=O)C(Cc1ccc(O)cc1)NC(=O)OC(C)(C)C)C1CC1C. The summed E-state index contributed by atoms with van der Waals surface area (Å²) < 4.78 is 10.0. The molecule has 4 N–H and O–H groups in total. The van der Waals surface area contributed by atoms with E-state index in [0.29, 0.717) is 12.0 Å². The van der Waals surface area contributed by atoms with Gasteiger partial charge in [-0.1, -0.05) is 37.3 Å². The third kappa shape index (κ3) is 8.11. The van der Waals surface area contributed by atoms with E-state index in [4.69, 9.17) is 4.74 Å². The van der Waals surface area contributed by atoms with Gasteiger partial charge in [-0.25, -0.2) is 4.79 Å². The van der Waals surface area contributed by atoms with Crippen molar-refractivity contribution in [3.63, 3.8) is 0 Å². The van der Waals surface area contributed by atoms with Gasteiger partial charge < -0.3 is 35.2 Å². The highest BCUT2D eigenvalue weighted by atomic mass is 16.6. The maximum absolute atomic E-state index is 14.3. The standard InChI is InChI=1S/C29H37N3O8/c1-17-14-22(17)32(25(20-8-6-7-9-23(20)34)26(36)30-16-24(35)39-5)27(37)21(31-28(38)40-29(2,3)4)15-18-10-12-19(33)13-11-18/h6-13,17,21-22,25,33-34H,14-16H2,1-5H3,(H,30,36)(H,31,38). The fourth-order valence-corrected chi connectivity index (χ4v) is 4.33. The number of phenols is 2. The Hall–Kier alpha value is -4.28. The van der Waals surface area contributed by atoms with Crippen LogP contribution in [-0.4, -0.2) is 70.3 Å². The molecule has 3 rings (SSSR count). The molecule has 11 nitrogen and oxygen atoms in total. The first-order valence-corrected chi connectivity index (χ1v) is 13.0. The van der Waals surface area contributed by atoms with Crippen molar-refractivity contribution in [3.05, 3.63) is 59.7 Å². The summed E-state index contributed by atoms with van der Waals surface area (Å²) >= 11 is 0. The van der Waals surface area contributed by atoms with Gasteiger partial charge in [0.1, 0.15) is 35.7 Å². The Morgan fingerprint density at radius 1 is 1.05 bits per heavy atom. The minimum Gasteiger partial charge on any atom is -0.508 e. The summed E-state index contributed by atoms with van der Waals surface area (Å²) in [5, 5.41) is 25.6. The average molecular weight is 556 g/mol. The Morgan fingerprint density at radius 2 is 1.68 bits per heavy atom. The molecule has 0 heterocycles. The molecule has 1 aliphatic carbocycles. The Bertz CT molecular complexity index is 1220. The van der Waals surface area contributed by atoms with Crippen molar-refractivity contribution in [2.45, 2.75) is 64.3 Å². The molecule has 3 amide bonds. The molecule has 0 aromatic heterocycles. The fraction of sp³-hybridized carbons (Fsp3) is 0.448. The molecule has 4 unspecified atom stereocenters. The summed E-state index contributed by atoms with van der Waals surface area (Å²) in [6.07, 6.45) is -0.186. The molecule has 1 saturated carbocycles. The molecule has 1 fully saturated rings. The van der Waals surface area contributed by atoms with E-state index in [0.717, 1.165) is 0 Å². The van der Waals surface area contributed by atoms with Crippen LogP contribution in [0.3, 0.4) is 0 Å². The van der Waals surface area contributed by atoms with Crippen LogP contribution in [0.1, 0.15) is 51.3 Å². The zero-order valence-electron chi connectivity index (χ0n) is 23.3. The molecule has 4 atom stereocenters. The normalized spacial score (nSPS) is 17.6. The summed E-state index contributed by atoms with van der Waals surface area (Å²) in [4.78, 5) is 53.8. The van der Waals surface area contributed by atoms with Gasteiger partial charge in [0.25, 0.3) is 0 Å². The lowest BCUT2D eigenvalue weighted by molar-refractivity contribution is -0.145. The van der Waals surface area contributed by atoms with Crippen LogP contribution in [0.4, 0.5) is 4.79 Å². The predicted molar refractivity (Wildman–Crippen MR) is 145 cm³/mol. The summed E-state index contributed by atoms with van der Waals surface area (Å²) in [7, 11) is 1.19. The van der Waals surface area contributed by atoms with E-state index in [2.05, 4.69) is 15.4 Å². The summed E-state index contributed by atoms with van der Waals surface area (Å²) in [5.74, 6) is -2.07. The van der Waals surface area contributed by atoms with Gasteiger partial charge in [-0.3, -0.25) is 14.4 Å². The van der Waals surface area contributed by atoms with Crippen LogP contribution in [0.5, 0.6) is 11.5 Å². The number of aromatic hydroxyl groups is 2. The summed E-state index contributed by atoms with van der Waals surface area (Å²) in [6.45, 7) is 6.58. The molecular formula is C29H37N3O8. The van der Waals surface area contributed by atoms with Crippen LogP contribution in [0.15, 0.2) is 48.5 Å². The van der Waals surface area contributed by atoms with Crippen molar-refractivity contribution in [3.8, 4) is 11.5 Å². The number of methoxy groups -OCH3 is 1. The maximum atomic E-state index is 14.3. The first kappa shape index (κ1) is 30.3. The molecule has 0 saturated heterocycles. The number of phenolic OH excluding ortho intramolecular Hbond substituents is 2. The van der Waals surface area contributed by atoms with Crippen molar-refractivity contribution < 1.29 is 38.9 Å². The molecule has 0 radical (unpaired) electrons. The number of esters is 1. The Kier molecular flexibility index (Phi) is 9.62. The number of amides is 3. The topological polar surface area (TPSA) is 154 Å². The smallest absolute Gasteiger partial charge is 0.408 e. The number of nitrogens with zero attached hydrogens (tertiary/aromatic N) is 1. The quantitative estimate of drug-likeness (QED) is 0.326. The van der Waals surface area contributed by atoms with E-state index in [1.54, 1.807) is 45.0 Å². The number of nitrogens with one attached hydrogen (secondary N) is 2. The second kappa shape index (κ2) is 12.7. The van der Waals surface area contributed by atoms with E-state index in [1.165, 1.54) is 36.3 Å². The van der Waals surface area contributed by atoms with E-state index >= 15 is 0 Å². The first-order valence-electron chi connectivity index (χ1n) is 13.0. The van der Waals surface area contributed by atoms with E-state index in [-0.39, 0.29) is 35.4 Å². The number of alkyl carbamates (subject to hydrolysis) is 1. The van der Waals surface area contributed by atoms with Gasteiger partial charge >= 0.3 is 12.1 Å². The van der Waals surface area contributed by atoms with Crippen LogP contribution in [0, 0.1) is 5.92 Å². The van der Waals surface area contributed by atoms with Crippen LogP contribution in [0.2, 0.25) is 0 Å². The Morgan fingerprint density at radius 3 is 2.23 bits per heavy atom. The van der Waals surface area contributed by atoms with Gasteiger partial charge in [-0.2, -0.15) is 0 Å². The van der Waals surface area contributed by atoms with Crippen molar-refractivity contribution in [2.24, 2.45) is 5.92 Å². The second-order valence-corrected chi connectivity index (χ2v) is 10.9. The number of ether oxygens (including phenoxy) is 2. The lowest BCUT2D eigenvalue weighted by atomic mass is 9.99. The number of carbonyl (C=O) groups is 4. The Balaban J connectivity index is 2.04. The van der Waals surface area contributed by atoms with Crippen molar-refractivity contribution >= 4 is 23.9 Å². The van der Waals surface area contributed by atoms with E-state index < -0.39 is 48.1 Å². The van der Waals surface area contributed by atoms with Crippen molar-refractivity contribution in [2.75, 3.05) is 13.7 Å².